The smallest absolute Gasteiger partial charge is 0.457 e. The normalized spacial score (nSPS) is 14.5. The number of nitrogens with zero attached hydrogens (tertiary/aromatic N) is 1. The summed E-state index contributed by atoms with van der Waals surface area (Å²) in [4.78, 5) is 22.8. The molecule has 0 amide bonds. The SMILES string of the molecule is CC/C=C\C/C=C\C/C=C\C/C=C\C/C=C\C/C=C\CCC(=O)O[C@H](COCCCCCCCCCCCCCCCC)COP(=O)(O)OCC[N+](C)(C)C. The summed E-state index contributed by atoms with van der Waals surface area (Å²) >= 11 is 0. The molecule has 0 aromatic rings. The first-order chi connectivity index (χ1) is 26.6. The van der Waals surface area contributed by atoms with Crippen LogP contribution >= 0.6 is 7.82 Å². The van der Waals surface area contributed by atoms with Crippen molar-refractivity contribution in [1.29, 1.82) is 0 Å². The van der Waals surface area contributed by atoms with Crippen LogP contribution in [0.1, 0.15) is 155 Å². The molecule has 8 nitrogen and oxygen atoms in total. The van der Waals surface area contributed by atoms with Gasteiger partial charge in [-0.05, 0) is 51.4 Å². The molecular formula is C46H83NO7P+. The van der Waals surface area contributed by atoms with E-state index in [0.717, 1.165) is 51.4 Å². The van der Waals surface area contributed by atoms with Crippen LogP contribution in [0, 0.1) is 0 Å². The van der Waals surface area contributed by atoms with E-state index in [2.05, 4.69) is 74.6 Å². The number of phosphoric ester groups is 1. The van der Waals surface area contributed by atoms with Crippen LogP contribution in [0.15, 0.2) is 72.9 Å². The number of ether oxygens (including phenoxy) is 2. The van der Waals surface area contributed by atoms with Gasteiger partial charge in [-0.2, -0.15) is 0 Å². The number of hydrogen-bond donors (Lipinski definition) is 1. The van der Waals surface area contributed by atoms with Gasteiger partial charge in [0.05, 0.1) is 34.4 Å². The van der Waals surface area contributed by atoms with Crippen LogP contribution in [0.25, 0.3) is 0 Å². The largest absolute Gasteiger partial charge is 0.472 e. The second-order valence-corrected chi connectivity index (χ2v) is 16.8. The fourth-order valence-corrected chi connectivity index (χ4v) is 6.20. The molecular weight excluding hydrogens is 709 g/mol. The third kappa shape index (κ3) is 42.9. The molecule has 0 fully saturated rings. The van der Waals surface area contributed by atoms with Crippen LogP contribution in [0.2, 0.25) is 0 Å². The van der Waals surface area contributed by atoms with Crippen molar-refractivity contribution >= 4 is 13.8 Å². The van der Waals surface area contributed by atoms with Crippen molar-refractivity contribution in [2.24, 2.45) is 0 Å². The fourth-order valence-electron chi connectivity index (χ4n) is 5.46. The lowest BCUT2D eigenvalue weighted by atomic mass is 10.0. The highest BCUT2D eigenvalue weighted by atomic mass is 31.2. The minimum absolute atomic E-state index is 0.0727. The highest BCUT2D eigenvalue weighted by Gasteiger charge is 2.26. The first-order valence-electron chi connectivity index (χ1n) is 21.7. The number of likely N-dealkylation sites (N-methyl/N-ethyl adjacent to an activating group) is 1. The zero-order chi connectivity index (χ0) is 40.6. The Hall–Kier alpha value is -2.06. The first kappa shape index (κ1) is 52.9. The summed E-state index contributed by atoms with van der Waals surface area (Å²) in [7, 11) is 1.61. The van der Waals surface area contributed by atoms with Gasteiger partial charge in [-0.1, -0.05) is 170 Å². The Morgan fingerprint density at radius 1 is 0.582 bits per heavy atom. The number of rotatable bonds is 39. The molecule has 0 bridgehead atoms. The first-order valence-corrected chi connectivity index (χ1v) is 23.2. The molecule has 1 unspecified atom stereocenters. The van der Waals surface area contributed by atoms with Gasteiger partial charge in [0.25, 0.3) is 0 Å². The van der Waals surface area contributed by atoms with Crippen LogP contribution in [-0.2, 0) is 27.9 Å². The van der Waals surface area contributed by atoms with Gasteiger partial charge >= 0.3 is 13.8 Å². The third-order valence-electron chi connectivity index (χ3n) is 8.80. The van der Waals surface area contributed by atoms with E-state index in [0.29, 0.717) is 24.1 Å². The van der Waals surface area contributed by atoms with Crippen LogP contribution in [0.3, 0.4) is 0 Å². The average molecular weight is 793 g/mol. The number of esters is 1. The van der Waals surface area contributed by atoms with Crippen molar-refractivity contribution in [3.05, 3.63) is 72.9 Å². The van der Waals surface area contributed by atoms with E-state index in [1.54, 1.807) is 0 Å². The maximum absolute atomic E-state index is 12.7. The van der Waals surface area contributed by atoms with Crippen molar-refractivity contribution < 1.29 is 37.3 Å². The molecule has 2 atom stereocenters. The van der Waals surface area contributed by atoms with Crippen molar-refractivity contribution in [2.75, 3.05) is 54.1 Å². The molecule has 0 rings (SSSR count). The third-order valence-corrected chi connectivity index (χ3v) is 9.78. The number of quaternary nitrogens is 1. The van der Waals surface area contributed by atoms with E-state index in [1.165, 1.54) is 77.0 Å². The van der Waals surface area contributed by atoms with E-state index >= 15 is 0 Å². The van der Waals surface area contributed by atoms with Gasteiger partial charge in [-0.25, -0.2) is 4.57 Å². The van der Waals surface area contributed by atoms with Gasteiger partial charge < -0.3 is 18.9 Å². The highest BCUT2D eigenvalue weighted by molar-refractivity contribution is 7.47. The predicted molar refractivity (Wildman–Crippen MR) is 233 cm³/mol. The molecule has 0 aromatic heterocycles. The minimum atomic E-state index is -4.30. The highest BCUT2D eigenvalue weighted by Crippen LogP contribution is 2.43. The fraction of sp³-hybridized carbons (Fsp3) is 0.717. The molecule has 0 aliphatic heterocycles. The zero-order valence-electron chi connectivity index (χ0n) is 35.9. The molecule has 9 heteroatoms. The molecule has 318 valence electrons. The molecule has 55 heavy (non-hydrogen) atoms. The monoisotopic (exact) mass is 793 g/mol. The van der Waals surface area contributed by atoms with Gasteiger partial charge in [-0.15, -0.1) is 0 Å². The summed E-state index contributed by atoms with van der Waals surface area (Å²) < 4.78 is 34.9. The van der Waals surface area contributed by atoms with Gasteiger partial charge in [-0.3, -0.25) is 13.8 Å². The maximum Gasteiger partial charge on any atom is 0.472 e. The number of allylic oxidation sites excluding steroid dienone is 12. The molecule has 0 spiro atoms. The van der Waals surface area contributed by atoms with Crippen molar-refractivity contribution in [1.82, 2.24) is 0 Å². The summed E-state index contributed by atoms with van der Waals surface area (Å²) in [5.41, 5.74) is 0. The van der Waals surface area contributed by atoms with Crippen molar-refractivity contribution in [3.63, 3.8) is 0 Å². The topological polar surface area (TPSA) is 91.3 Å². The van der Waals surface area contributed by atoms with E-state index in [-0.39, 0.29) is 26.2 Å². The summed E-state index contributed by atoms with van der Waals surface area (Å²) in [5.74, 6) is -0.396. The van der Waals surface area contributed by atoms with Gasteiger partial charge in [0.1, 0.15) is 19.3 Å². The van der Waals surface area contributed by atoms with Crippen molar-refractivity contribution in [2.45, 2.75) is 161 Å². The zero-order valence-corrected chi connectivity index (χ0v) is 36.8. The predicted octanol–water partition coefficient (Wildman–Crippen LogP) is 12.7. The number of unbranched alkanes of at least 4 members (excludes halogenated alkanes) is 13. The molecule has 0 aromatic carbocycles. The van der Waals surface area contributed by atoms with Crippen LogP contribution in [0.4, 0.5) is 0 Å². The Labute approximate surface area is 338 Å². The number of carbonyl (C=O) groups is 1. The molecule has 0 radical (unpaired) electrons. The Morgan fingerprint density at radius 3 is 1.47 bits per heavy atom. The summed E-state index contributed by atoms with van der Waals surface area (Å²) in [6.07, 6.45) is 49.5. The molecule has 0 heterocycles. The second-order valence-electron chi connectivity index (χ2n) is 15.3. The molecule has 0 saturated carbocycles. The average Bonchev–Trinajstić information content (AvgIpc) is 3.13. The van der Waals surface area contributed by atoms with Gasteiger partial charge in [0.2, 0.25) is 0 Å². The van der Waals surface area contributed by atoms with E-state index < -0.39 is 19.9 Å². The number of carbonyl (C=O) groups excluding carboxylic acids is 1. The number of phosphoric acid groups is 1. The van der Waals surface area contributed by atoms with Crippen LogP contribution in [-0.4, -0.2) is 75.6 Å². The standard InChI is InChI=1S/C46H82NO7P/c1-6-8-10-12-14-16-18-20-22-23-24-25-26-27-29-31-33-35-37-39-46(48)54-45(44-53-55(49,50)52-42-40-47(3,4)5)43-51-41-38-36-34-32-30-28-21-19-17-15-13-11-9-7-2/h8,10,14,16,20,22,24-25,27,29,33,35,45H,6-7,9,11-13,15,17-19,21,23,26,28,30-32,34,36-44H2,1-5H3/p+1/b10-8-,16-14-,22-20-,25-24-,29-27-,35-33-/t45-/m1/s1. The Balaban J connectivity index is 4.39. The lowest BCUT2D eigenvalue weighted by molar-refractivity contribution is -0.870. The van der Waals surface area contributed by atoms with Crippen LogP contribution in [0.5, 0.6) is 0 Å². The maximum atomic E-state index is 12.7. The number of hydrogen-bond acceptors (Lipinski definition) is 6. The van der Waals surface area contributed by atoms with Crippen molar-refractivity contribution in [3.8, 4) is 0 Å². The Bertz CT molecular complexity index is 1110. The molecule has 0 saturated heterocycles. The Morgan fingerprint density at radius 2 is 1.02 bits per heavy atom. The van der Waals surface area contributed by atoms with Gasteiger partial charge in [0, 0.05) is 13.0 Å². The van der Waals surface area contributed by atoms with Crippen LogP contribution < -0.4 is 0 Å². The lowest BCUT2D eigenvalue weighted by Crippen LogP contribution is -2.37. The van der Waals surface area contributed by atoms with E-state index in [9.17, 15) is 14.3 Å². The quantitative estimate of drug-likeness (QED) is 0.0218. The molecule has 1 N–H and O–H groups in total. The van der Waals surface area contributed by atoms with E-state index in [4.69, 9.17) is 18.5 Å². The van der Waals surface area contributed by atoms with Gasteiger partial charge in [0.15, 0.2) is 0 Å². The summed E-state index contributed by atoms with van der Waals surface area (Å²) in [6, 6.07) is 0. The lowest BCUT2D eigenvalue weighted by Gasteiger charge is -2.24. The second kappa shape index (κ2) is 38.8. The minimum Gasteiger partial charge on any atom is -0.457 e. The summed E-state index contributed by atoms with van der Waals surface area (Å²) in [5, 5.41) is 0. The van der Waals surface area contributed by atoms with E-state index in [1.807, 2.05) is 33.3 Å². The summed E-state index contributed by atoms with van der Waals surface area (Å²) in [6.45, 7) is 5.40. The Kier molecular flexibility index (Phi) is 37.3. The molecule has 0 aliphatic carbocycles. The molecule has 0 aliphatic rings.